The van der Waals surface area contributed by atoms with E-state index in [0.29, 0.717) is 16.1 Å². The van der Waals surface area contributed by atoms with Gasteiger partial charge in [0.25, 0.3) is 11.5 Å². The molecule has 4 rings (SSSR count). The van der Waals surface area contributed by atoms with E-state index in [2.05, 4.69) is 5.32 Å². The van der Waals surface area contributed by atoms with Crippen LogP contribution in [0.2, 0.25) is 0 Å². The Morgan fingerprint density at radius 3 is 2.31 bits per heavy atom. The molecule has 10 nitrogen and oxygen atoms in total. The quantitative estimate of drug-likeness (QED) is 0.354. The van der Waals surface area contributed by atoms with Crippen LogP contribution in [-0.4, -0.2) is 53.0 Å². The van der Waals surface area contributed by atoms with Gasteiger partial charge in [0.05, 0.1) is 34.3 Å². The number of nitrogens with zero attached hydrogens (tertiary/aromatic N) is 3. The SMILES string of the molecule is CCc1ccc(-n2c(=O)c3c(C)c(C(=O)N(C)C)sc3n(CC(=O)Nc3ccccc3C(=O)OC)c2=O)cc1. The number of rotatable bonds is 7. The lowest BCUT2D eigenvalue weighted by molar-refractivity contribution is -0.116. The summed E-state index contributed by atoms with van der Waals surface area (Å²) < 4.78 is 6.99. The number of fused-ring (bicyclic) bond motifs is 1. The lowest BCUT2D eigenvalue weighted by Gasteiger charge is -2.14. The molecule has 2 aromatic carbocycles. The first-order valence-electron chi connectivity index (χ1n) is 12.2. The van der Waals surface area contributed by atoms with E-state index in [9.17, 15) is 24.0 Å². The maximum absolute atomic E-state index is 13.8. The number of hydrogen-bond donors (Lipinski definition) is 1. The zero-order valence-electron chi connectivity index (χ0n) is 22.2. The van der Waals surface area contributed by atoms with Gasteiger partial charge in [-0.3, -0.25) is 19.0 Å². The number of carbonyl (C=O) groups is 3. The van der Waals surface area contributed by atoms with Crippen molar-refractivity contribution in [3.63, 3.8) is 0 Å². The van der Waals surface area contributed by atoms with Gasteiger partial charge >= 0.3 is 11.7 Å². The first kappa shape index (κ1) is 27.5. The highest BCUT2D eigenvalue weighted by atomic mass is 32.1. The van der Waals surface area contributed by atoms with Crippen molar-refractivity contribution in [2.45, 2.75) is 26.8 Å². The first-order valence-corrected chi connectivity index (χ1v) is 13.0. The Balaban J connectivity index is 1.90. The highest BCUT2D eigenvalue weighted by Crippen LogP contribution is 2.29. The van der Waals surface area contributed by atoms with E-state index in [4.69, 9.17) is 4.74 Å². The summed E-state index contributed by atoms with van der Waals surface area (Å²) in [5.41, 5.74) is 0.882. The van der Waals surface area contributed by atoms with E-state index in [1.165, 1.54) is 22.6 Å². The number of ether oxygens (including phenoxy) is 1. The van der Waals surface area contributed by atoms with E-state index >= 15 is 0 Å². The van der Waals surface area contributed by atoms with Crippen molar-refractivity contribution in [3.8, 4) is 5.69 Å². The van der Waals surface area contributed by atoms with Crippen molar-refractivity contribution in [1.82, 2.24) is 14.0 Å². The molecule has 0 aliphatic carbocycles. The predicted molar refractivity (Wildman–Crippen MR) is 150 cm³/mol. The maximum Gasteiger partial charge on any atom is 0.339 e. The number of methoxy groups -OCH3 is 1. The van der Waals surface area contributed by atoms with E-state index in [1.807, 2.05) is 19.1 Å². The molecule has 39 heavy (non-hydrogen) atoms. The number of aromatic nitrogens is 2. The number of hydrogen-bond acceptors (Lipinski definition) is 7. The molecule has 2 amide bonds. The number of thiophene rings is 1. The number of nitrogens with one attached hydrogen (secondary N) is 1. The second kappa shape index (κ2) is 11.1. The number of amides is 2. The van der Waals surface area contributed by atoms with Gasteiger partial charge in [0.2, 0.25) is 5.91 Å². The maximum atomic E-state index is 13.8. The van der Waals surface area contributed by atoms with Crippen LogP contribution < -0.4 is 16.6 Å². The molecule has 4 aromatic rings. The number of aryl methyl sites for hydroxylation is 2. The van der Waals surface area contributed by atoms with Gasteiger partial charge in [-0.1, -0.05) is 31.2 Å². The third kappa shape index (κ3) is 5.13. The molecule has 11 heteroatoms. The molecule has 0 atom stereocenters. The molecule has 0 saturated heterocycles. The van der Waals surface area contributed by atoms with Crippen LogP contribution in [0.4, 0.5) is 5.69 Å². The Morgan fingerprint density at radius 2 is 1.69 bits per heavy atom. The fraction of sp³-hybridized carbons (Fsp3) is 0.250. The number of para-hydroxylation sites is 1. The van der Waals surface area contributed by atoms with Crippen molar-refractivity contribution in [2.24, 2.45) is 0 Å². The molecule has 0 unspecified atom stereocenters. The van der Waals surface area contributed by atoms with Crippen LogP contribution in [0.3, 0.4) is 0 Å². The van der Waals surface area contributed by atoms with Crippen LogP contribution in [0.15, 0.2) is 58.1 Å². The molecule has 2 aromatic heterocycles. The summed E-state index contributed by atoms with van der Waals surface area (Å²) in [4.78, 5) is 67.6. The van der Waals surface area contributed by atoms with E-state index in [0.717, 1.165) is 27.9 Å². The lowest BCUT2D eigenvalue weighted by atomic mass is 10.1. The van der Waals surface area contributed by atoms with Crippen LogP contribution in [0, 0.1) is 6.92 Å². The topological polar surface area (TPSA) is 120 Å². The number of carbonyl (C=O) groups excluding carboxylic acids is 3. The minimum atomic E-state index is -0.724. The standard InChI is InChI=1S/C28H28N4O6S/c1-6-17-11-13-18(14-12-17)32-24(34)22-16(2)23(25(35)30(3)4)39-26(22)31(28(32)37)15-21(33)29-20-10-8-7-9-19(20)27(36)38-5/h7-14H,6,15H2,1-5H3,(H,29,33). The number of benzene rings is 2. The number of esters is 1. The van der Waals surface area contributed by atoms with Crippen LogP contribution >= 0.6 is 11.3 Å². The van der Waals surface area contributed by atoms with E-state index in [-0.39, 0.29) is 27.4 Å². The molecule has 202 valence electrons. The molecule has 0 radical (unpaired) electrons. The summed E-state index contributed by atoms with van der Waals surface area (Å²) >= 11 is 0.990. The monoisotopic (exact) mass is 548 g/mol. The Kier molecular flexibility index (Phi) is 7.82. The molecule has 0 spiro atoms. The van der Waals surface area contributed by atoms with Gasteiger partial charge in [-0.25, -0.2) is 14.2 Å². The fourth-order valence-corrected chi connectivity index (χ4v) is 5.53. The molecular weight excluding hydrogens is 520 g/mol. The summed E-state index contributed by atoms with van der Waals surface area (Å²) in [6.45, 7) is 3.19. The summed E-state index contributed by atoms with van der Waals surface area (Å²) in [6.07, 6.45) is 0.783. The van der Waals surface area contributed by atoms with Crippen molar-refractivity contribution in [3.05, 3.63) is 90.9 Å². The lowest BCUT2D eigenvalue weighted by Crippen LogP contribution is -2.40. The predicted octanol–water partition coefficient (Wildman–Crippen LogP) is 3.21. The van der Waals surface area contributed by atoms with E-state index < -0.39 is 29.7 Å². The van der Waals surface area contributed by atoms with Gasteiger partial charge < -0.3 is 15.0 Å². The number of anilines is 1. The Bertz CT molecular complexity index is 1710. The Hall–Kier alpha value is -4.51. The second-order valence-electron chi connectivity index (χ2n) is 9.05. The minimum absolute atomic E-state index is 0.151. The van der Waals surface area contributed by atoms with Gasteiger partial charge in [-0.05, 0) is 48.7 Å². The van der Waals surface area contributed by atoms with Gasteiger partial charge in [0.15, 0.2) is 0 Å². The van der Waals surface area contributed by atoms with Gasteiger partial charge in [-0.15, -0.1) is 11.3 Å². The highest BCUT2D eigenvalue weighted by Gasteiger charge is 2.25. The zero-order valence-corrected chi connectivity index (χ0v) is 23.0. The zero-order chi connectivity index (χ0) is 28.4. The average Bonchev–Trinajstić information content (AvgIpc) is 3.27. The molecule has 0 fully saturated rings. The third-order valence-corrected chi connectivity index (χ3v) is 7.63. The Labute approximate surface area is 228 Å². The fourth-order valence-electron chi connectivity index (χ4n) is 4.21. The van der Waals surface area contributed by atoms with Crippen LogP contribution in [0.5, 0.6) is 0 Å². The average molecular weight is 549 g/mol. The molecule has 0 aliphatic heterocycles. The van der Waals surface area contributed by atoms with Crippen molar-refractivity contribution < 1.29 is 19.1 Å². The van der Waals surface area contributed by atoms with Crippen LogP contribution in [0.25, 0.3) is 15.9 Å². The summed E-state index contributed by atoms with van der Waals surface area (Å²) in [5, 5.41) is 2.85. The minimum Gasteiger partial charge on any atom is -0.465 e. The largest absolute Gasteiger partial charge is 0.465 e. The van der Waals surface area contributed by atoms with Crippen molar-refractivity contribution in [1.29, 1.82) is 0 Å². The Morgan fingerprint density at radius 1 is 1.03 bits per heavy atom. The third-order valence-electron chi connectivity index (χ3n) is 6.32. The first-order chi connectivity index (χ1) is 18.6. The smallest absolute Gasteiger partial charge is 0.339 e. The van der Waals surface area contributed by atoms with E-state index in [1.54, 1.807) is 51.4 Å². The van der Waals surface area contributed by atoms with Crippen molar-refractivity contribution in [2.75, 3.05) is 26.5 Å². The molecule has 0 aliphatic rings. The normalized spacial score (nSPS) is 10.9. The van der Waals surface area contributed by atoms with Crippen molar-refractivity contribution >= 4 is 45.0 Å². The second-order valence-corrected chi connectivity index (χ2v) is 10.0. The highest BCUT2D eigenvalue weighted by molar-refractivity contribution is 7.20. The molecule has 0 saturated carbocycles. The summed E-state index contributed by atoms with van der Waals surface area (Å²) in [5.74, 6) is -1.55. The molecule has 2 heterocycles. The van der Waals surface area contributed by atoms with Crippen LogP contribution in [0.1, 0.15) is 38.1 Å². The molecular formula is C28H28N4O6S. The molecule has 1 N–H and O–H groups in total. The summed E-state index contributed by atoms with van der Waals surface area (Å²) in [6, 6.07) is 13.3. The van der Waals surface area contributed by atoms with Crippen LogP contribution in [-0.2, 0) is 22.5 Å². The van der Waals surface area contributed by atoms with Gasteiger partial charge in [0, 0.05) is 14.1 Å². The molecule has 0 bridgehead atoms. The van der Waals surface area contributed by atoms with Gasteiger partial charge in [-0.2, -0.15) is 0 Å². The van der Waals surface area contributed by atoms with Gasteiger partial charge in [0.1, 0.15) is 11.4 Å². The summed E-state index contributed by atoms with van der Waals surface area (Å²) in [7, 11) is 4.43.